The Morgan fingerprint density at radius 1 is 1.29 bits per heavy atom. The Labute approximate surface area is 122 Å². The van der Waals surface area contributed by atoms with Gasteiger partial charge in [-0.3, -0.25) is 4.68 Å². The average Bonchev–Trinajstić information content (AvgIpc) is 3.23. The highest BCUT2D eigenvalue weighted by Crippen LogP contribution is 2.37. The summed E-state index contributed by atoms with van der Waals surface area (Å²) in [4.78, 5) is 1.49. The van der Waals surface area contributed by atoms with E-state index in [0.29, 0.717) is 18.4 Å². The monoisotopic (exact) mass is 302 g/mol. The molecule has 2 aliphatic rings. The number of hydrogen-bond donors (Lipinski definition) is 1. The first-order valence-corrected chi connectivity index (χ1v) is 7.44. The molecule has 2 saturated carbocycles. The smallest absolute Gasteiger partial charge is 0.344 e. The van der Waals surface area contributed by atoms with Gasteiger partial charge in [0.15, 0.2) is 0 Å². The third-order valence-electron chi connectivity index (χ3n) is 4.07. The lowest BCUT2D eigenvalue weighted by Crippen LogP contribution is -2.38. The summed E-state index contributed by atoms with van der Waals surface area (Å²) in [6.07, 6.45) is -0.222. The molecule has 1 N–H and O–H groups in total. The molecular weight excluding hydrogens is 281 g/mol. The molecule has 1 heterocycles. The molecule has 118 valence electrons. The van der Waals surface area contributed by atoms with Crippen molar-refractivity contribution in [1.29, 1.82) is 0 Å². The first-order valence-electron chi connectivity index (χ1n) is 7.44. The van der Waals surface area contributed by atoms with E-state index in [-0.39, 0.29) is 6.04 Å². The summed E-state index contributed by atoms with van der Waals surface area (Å²) in [5.74, 6) is 0.625. The SMILES string of the molecule is Cc1nn(C)c(N(CC(F)(F)F)C2CC2)c1CNC1CC1. The highest BCUT2D eigenvalue weighted by Gasteiger charge is 2.40. The van der Waals surface area contributed by atoms with Gasteiger partial charge in [0.2, 0.25) is 0 Å². The largest absolute Gasteiger partial charge is 0.405 e. The van der Waals surface area contributed by atoms with Crippen LogP contribution in [0.2, 0.25) is 0 Å². The van der Waals surface area contributed by atoms with E-state index in [1.807, 2.05) is 6.92 Å². The van der Waals surface area contributed by atoms with Gasteiger partial charge in [0.1, 0.15) is 12.4 Å². The summed E-state index contributed by atoms with van der Waals surface area (Å²) in [6.45, 7) is 1.57. The molecule has 0 bridgehead atoms. The molecule has 2 fully saturated rings. The van der Waals surface area contributed by atoms with E-state index in [0.717, 1.165) is 36.9 Å². The van der Waals surface area contributed by atoms with Gasteiger partial charge < -0.3 is 10.2 Å². The van der Waals surface area contributed by atoms with Crippen LogP contribution in [0.3, 0.4) is 0 Å². The Hall–Kier alpha value is -1.24. The lowest BCUT2D eigenvalue weighted by Gasteiger charge is -2.27. The van der Waals surface area contributed by atoms with Crippen molar-refractivity contribution in [2.24, 2.45) is 7.05 Å². The van der Waals surface area contributed by atoms with E-state index in [9.17, 15) is 13.2 Å². The first-order chi connectivity index (χ1) is 9.85. The number of nitrogens with zero attached hydrogens (tertiary/aromatic N) is 3. The van der Waals surface area contributed by atoms with Crippen molar-refractivity contribution in [2.45, 2.75) is 57.4 Å². The highest BCUT2D eigenvalue weighted by atomic mass is 19.4. The van der Waals surface area contributed by atoms with Gasteiger partial charge in [0.25, 0.3) is 0 Å². The molecule has 0 atom stereocenters. The molecule has 7 heteroatoms. The first kappa shape index (κ1) is 14.7. The predicted octanol–water partition coefficient (Wildman–Crippen LogP) is 2.51. The Balaban J connectivity index is 1.86. The Kier molecular flexibility index (Phi) is 3.63. The van der Waals surface area contributed by atoms with E-state index in [4.69, 9.17) is 0 Å². The van der Waals surface area contributed by atoms with Gasteiger partial charge in [-0.25, -0.2) is 0 Å². The Bertz CT molecular complexity index is 515. The molecule has 0 radical (unpaired) electrons. The summed E-state index contributed by atoms with van der Waals surface area (Å²) >= 11 is 0. The minimum absolute atomic E-state index is 0.00102. The summed E-state index contributed by atoms with van der Waals surface area (Å²) < 4.78 is 40.3. The fraction of sp³-hybridized carbons (Fsp3) is 0.786. The minimum atomic E-state index is -4.19. The van der Waals surface area contributed by atoms with Crippen molar-refractivity contribution in [3.8, 4) is 0 Å². The molecule has 3 rings (SSSR count). The zero-order valence-corrected chi connectivity index (χ0v) is 12.4. The average molecular weight is 302 g/mol. The fourth-order valence-corrected chi connectivity index (χ4v) is 2.75. The van der Waals surface area contributed by atoms with Crippen molar-refractivity contribution in [3.63, 3.8) is 0 Å². The molecule has 21 heavy (non-hydrogen) atoms. The van der Waals surface area contributed by atoms with Crippen LogP contribution in [0.25, 0.3) is 0 Å². The van der Waals surface area contributed by atoms with E-state index >= 15 is 0 Å². The maximum absolute atomic E-state index is 12.9. The quantitative estimate of drug-likeness (QED) is 0.876. The number of aromatic nitrogens is 2. The van der Waals surface area contributed by atoms with Crippen LogP contribution in [0.4, 0.5) is 19.0 Å². The molecule has 1 aromatic rings. The van der Waals surface area contributed by atoms with E-state index in [1.54, 1.807) is 11.7 Å². The molecule has 0 unspecified atom stereocenters. The number of aryl methyl sites for hydroxylation is 2. The normalized spacial score (nSPS) is 19.1. The van der Waals surface area contributed by atoms with Gasteiger partial charge in [0.05, 0.1) is 5.69 Å². The molecular formula is C14H21F3N4. The Morgan fingerprint density at radius 2 is 1.95 bits per heavy atom. The van der Waals surface area contributed by atoms with Crippen LogP contribution in [-0.4, -0.2) is 34.6 Å². The molecule has 0 amide bonds. The molecule has 0 aromatic carbocycles. The molecule has 0 aliphatic heterocycles. The number of alkyl halides is 3. The van der Waals surface area contributed by atoms with Crippen molar-refractivity contribution in [3.05, 3.63) is 11.3 Å². The van der Waals surface area contributed by atoms with Gasteiger partial charge in [-0.1, -0.05) is 0 Å². The van der Waals surface area contributed by atoms with Crippen LogP contribution in [-0.2, 0) is 13.6 Å². The van der Waals surface area contributed by atoms with Crippen molar-refractivity contribution < 1.29 is 13.2 Å². The number of halogens is 3. The molecule has 2 aliphatic carbocycles. The number of hydrogen-bond acceptors (Lipinski definition) is 3. The van der Waals surface area contributed by atoms with Crippen LogP contribution in [0.1, 0.15) is 36.9 Å². The number of rotatable bonds is 6. The minimum Gasteiger partial charge on any atom is -0.344 e. The van der Waals surface area contributed by atoms with Crippen molar-refractivity contribution >= 4 is 5.82 Å². The molecule has 1 aromatic heterocycles. The van der Waals surface area contributed by atoms with Crippen LogP contribution in [0.15, 0.2) is 0 Å². The van der Waals surface area contributed by atoms with Crippen molar-refractivity contribution in [2.75, 3.05) is 11.4 Å². The third-order valence-corrected chi connectivity index (χ3v) is 4.07. The summed E-state index contributed by atoms with van der Waals surface area (Å²) in [7, 11) is 1.73. The summed E-state index contributed by atoms with van der Waals surface area (Å²) in [5.41, 5.74) is 1.72. The van der Waals surface area contributed by atoms with Crippen LogP contribution in [0.5, 0.6) is 0 Å². The fourth-order valence-electron chi connectivity index (χ4n) is 2.75. The van der Waals surface area contributed by atoms with Gasteiger partial charge in [-0.15, -0.1) is 0 Å². The van der Waals surface area contributed by atoms with Crippen LogP contribution >= 0.6 is 0 Å². The van der Waals surface area contributed by atoms with Gasteiger partial charge in [0, 0.05) is 31.2 Å². The standard InChI is InChI=1S/C14H21F3N4/c1-9-12(7-18-10-3-4-10)13(20(2)19-9)21(11-5-6-11)8-14(15,16)17/h10-11,18H,3-8H2,1-2H3. The second-order valence-corrected chi connectivity index (χ2v) is 6.14. The number of anilines is 1. The van der Waals surface area contributed by atoms with Gasteiger partial charge in [-0.2, -0.15) is 18.3 Å². The second kappa shape index (κ2) is 5.19. The highest BCUT2D eigenvalue weighted by molar-refractivity contribution is 5.52. The van der Waals surface area contributed by atoms with E-state index < -0.39 is 12.7 Å². The van der Waals surface area contributed by atoms with Crippen LogP contribution < -0.4 is 10.2 Å². The zero-order chi connectivity index (χ0) is 15.2. The number of nitrogens with one attached hydrogen (secondary N) is 1. The third kappa shape index (κ3) is 3.51. The molecule has 0 spiro atoms. The lowest BCUT2D eigenvalue weighted by molar-refractivity contribution is -0.120. The maximum Gasteiger partial charge on any atom is 0.405 e. The van der Waals surface area contributed by atoms with Crippen molar-refractivity contribution in [1.82, 2.24) is 15.1 Å². The Morgan fingerprint density at radius 3 is 2.48 bits per heavy atom. The topological polar surface area (TPSA) is 33.1 Å². The lowest BCUT2D eigenvalue weighted by atomic mass is 10.2. The van der Waals surface area contributed by atoms with E-state index in [2.05, 4.69) is 10.4 Å². The van der Waals surface area contributed by atoms with Gasteiger partial charge >= 0.3 is 6.18 Å². The van der Waals surface area contributed by atoms with E-state index in [1.165, 1.54) is 4.90 Å². The second-order valence-electron chi connectivity index (χ2n) is 6.14. The predicted molar refractivity (Wildman–Crippen MR) is 74.2 cm³/mol. The molecule has 4 nitrogen and oxygen atoms in total. The summed E-state index contributed by atoms with van der Waals surface area (Å²) in [5, 5.41) is 7.72. The zero-order valence-electron chi connectivity index (χ0n) is 12.4. The molecule has 0 saturated heterocycles. The summed E-state index contributed by atoms with van der Waals surface area (Å²) in [6, 6.07) is 0.524. The maximum atomic E-state index is 12.9. The van der Waals surface area contributed by atoms with Crippen LogP contribution in [0, 0.1) is 6.92 Å². The van der Waals surface area contributed by atoms with Gasteiger partial charge in [-0.05, 0) is 32.6 Å².